The number of nitrogens with one attached hydrogen (secondary N) is 2. The minimum Gasteiger partial charge on any atom is -0.378 e. The number of hydrogen-bond acceptors (Lipinski definition) is 3. The number of nitrogens with zero attached hydrogens (tertiary/aromatic N) is 1. The average molecular weight is 265 g/mol. The Morgan fingerprint density at radius 1 is 1.53 bits per heavy atom. The molecule has 1 amide bonds. The van der Waals surface area contributed by atoms with Gasteiger partial charge < -0.3 is 10.1 Å². The van der Waals surface area contributed by atoms with Gasteiger partial charge in [-0.05, 0) is 19.3 Å². The first-order valence-corrected chi connectivity index (χ1v) is 6.92. The minimum absolute atomic E-state index is 0.00244. The van der Waals surface area contributed by atoms with Gasteiger partial charge in [-0.1, -0.05) is 20.8 Å². The lowest BCUT2D eigenvalue weighted by atomic mass is 9.92. The molecule has 0 bridgehead atoms. The lowest BCUT2D eigenvalue weighted by Gasteiger charge is -2.21. The van der Waals surface area contributed by atoms with Crippen molar-refractivity contribution in [2.45, 2.75) is 58.0 Å². The highest BCUT2D eigenvalue weighted by atomic mass is 16.5. The van der Waals surface area contributed by atoms with E-state index in [2.05, 4.69) is 36.3 Å². The average Bonchev–Trinajstić information content (AvgIpc) is 2.78. The lowest BCUT2D eigenvalue weighted by Crippen LogP contribution is -2.25. The Morgan fingerprint density at radius 3 is 2.89 bits per heavy atom. The van der Waals surface area contributed by atoms with Crippen molar-refractivity contribution in [3.05, 3.63) is 11.8 Å². The molecule has 1 saturated heterocycles. The van der Waals surface area contributed by atoms with Crippen molar-refractivity contribution >= 4 is 11.7 Å². The second-order valence-electron chi connectivity index (χ2n) is 6.16. The fraction of sp³-hybridized carbons (Fsp3) is 0.714. The maximum absolute atomic E-state index is 11.9. The number of rotatable bonds is 3. The summed E-state index contributed by atoms with van der Waals surface area (Å²) >= 11 is 0. The SMILES string of the molecule is CC(C)(C)c1cc(NC(=O)CC2CCCCO2)n[nH]1. The van der Waals surface area contributed by atoms with Gasteiger partial charge in [0.15, 0.2) is 5.82 Å². The van der Waals surface area contributed by atoms with Crippen LogP contribution in [0.1, 0.15) is 52.1 Å². The normalized spacial score (nSPS) is 20.3. The molecule has 5 heteroatoms. The summed E-state index contributed by atoms with van der Waals surface area (Å²) in [5.74, 6) is 0.560. The summed E-state index contributed by atoms with van der Waals surface area (Å²) < 4.78 is 5.56. The van der Waals surface area contributed by atoms with Gasteiger partial charge in [-0.3, -0.25) is 9.89 Å². The molecule has 1 fully saturated rings. The molecular weight excluding hydrogens is 242 g/mol. The second-order valence-corrected chi connectivity index (χ2v) is 6.16. The van der Waals surface area contributed by atoms with Crippen molar-refractivity contribution in [1.82, 2.24) is 10.2 Å². The molecule has 0 spiro atoms. The van der Waals surface area contributed by atoms with E-state index in [0.717, 1.165) is 31.6 Å². The number of carbonyl (C=O) groups is 1. The van der Waals surface area contributed by atoms with Gasteiger partial charge in [-0.25, -0.2) is 0 Å². The largest absolute Gasteiger partial charge is 0.378 e. The molecule has 106 valence electrons. The quantitative estimate of drug-likeness (QED) is 0.882. The molecule has 1 aromatic heterocycles. The molecule has 2 N–H and O–H groups in total. The van der Waals surface area contributed by atoms with Crippen LogP contribution in [0.4, 0.5) is 5.82 Å². The Kier molecular flexibility index (Phi) is 4.24. The standard InChI is InChI=1S/C14H23N3O2/c1-14(2,3)11-9-12(17-16-11)15-13(18)8-10-6-4-5-7-19-10/h9-10H,4-8H2,1-3H3,(H2,15,16,17,18). The number of aromatic amines is 1. The zero-order valence-corrected chi connectivity index (χ0v) is 12.0. The van der Waals surface area contributed by atoms with Crippen LogP contribution in [0.25, 0.3) is 0 Å². The van der Waals surface area contributed by atoms with Gasteiger partial charge in [0.2, 0.25) is 5.91 Å². The molecule has 5 nitrogen and oxygen atoms in total. The molecule has 0 saturated carbocycles. The summed E-state index contributed by atoms with van der Waals surface area (Å²) in [6.07, 6.45) is 3.70. The Labute approximate surface area is 114 Å². The molecule has 1 aromatic rings. The number of amides is 1. The predicted octanol–water partition coefficient (Wildman–Crippen LogP) is 2.60. The number of carbonyl (C=O) groups excluding carboxylic acids is 1. The molecule has 1 atom stereocenters. The van der Waals surface area contributed by atoms with Gasteiger partial charge in [0, 0.05) is 23.8 Å². The van der Waals surface area contributed by atoms with E-state index in [9.17, 15) is 4.79 Å². The van der Waals surface area contributed by atoms with Gasteiger partial charge >= 0.3 is 0 Å². The summed E-state index contributed by atoms with van der Waals surface area (Å²) in [4.78, 5) is 11.9. The van der Waals surface area contributed by atoms with E-state index in [1.54, 1.807) is 0 Å². The zero-order chi connectivity index (χ0) is 13.9. The number of ether oxygens (including phenoxy) is 1. The van der Waals surface area contributed by atoms with E-state index in [0.29, 0.717) is 12.2 Å². The third kappa shape index (κ3) is 4.06. The highest BCUT2D eigenvalue weighted by Gasteiger charge is 2.20. The van der Waals surface area contributed by atoms with Crippen LogP contribution in [-0.4, -0.2) is 28.8 Å². The Bertz CT molecular complexity index is 428. The first-order chi connectivity index (χ1) is 8.95. The van der Waals surface area contributed by atoms with Crippen LogP contribution < -0.4 is 5.32 Å². The van der Waals surface area contributed by atoms with Gasteiger partial charge in [0.1, 0.15) is 0 Å². The van der Waals surface area contributed by atoms with E-state index in [1.165, 1.54) is 0 Å². The molecule has 19 heavy (non-hydrogen) atoms. The van der Waals surface area contributed by atoms with Crippen LogP contribution in [0.5, 0.6) is 0 Å². The highest BCUT2D eigenvalue weighted by Crippen LogP contribution is 2.22. The number of anilines is 1. The zero-order valence-electron chi connectivity index (χ0n) is 12.0. The van der Waals surface area contributed by atoms with Crippen LogP contribution in [-0.2, 0) is 14.9 Å². The van der Waals surface area contributed by atoms with Gasteiger partial charge in [0.25, 0.3) is 0 Å². The molecule has 0 aliphatic carbocycles. The topological polar surface area (TPSA) is 67.0 Å². The van der Waals surface area contributed by atoms with E-state index in [-0.39, 0.29) is 17.4 Å². The number of hydrogen-bond donors (Lipinski definition) is 2. The Morgan fingerprint density at radius 2 is 2.32 bits per heavy atom. The maximum Gasteiger partial charge on any atom is 0.228 e. The fourth-order valence-corrected chi connectivity index (χ4v) is 2.14. The third-order valence-corrected chi connectivity index (χ3v) is 3.34. The van der Waals surface area contributed by atoms with Crippen molar-refractivity contribution in [1.29, 1.82) is 0 Å². The molecule has 2 rings (SSSR count). The lowest BCUT2D eigenvalue weighted by molar-refractivity contribution is -0.119. The summed E-state index contributed by atoms with van der Waals surface area (Å²) in [7, 11) is 0. The molecule has 0 aromatic carbocycles. The van der Waals surface area contributed by atoms with Crippen molar-refractivity contribution in [2.75, 3.05) is 11.9 Å². The summed E-state index contributed by atoms with van der Waals surface area (Å²) in [6.45, 7) is 7.07. The van der Waals surface area contributed by atoms with E-state index >= 15 is 0 Å². The molecule has 1 aliphatic rings. The Balaban J connectivity index is 1.86. The maximum atomic E-state index is 11.9. The number of H-pyrrole nitrogens is 1. The molecule has 0 radical (unpaired) electrons. The van der Waals surface area contributed by atoms with E-state index in [1.807, 2.05) is 6.07 Å². The minimum atomic E-state index is -0.0288. The van der Waals surface area contributed by atoms with Gasteiger partial charge in [-0.2, -0.15) is 5.10 Å². The van der Waals surface area contributed by atoms with Crippen molar-refractivity contribution in [3.8, 4) is 0 Å². The molecule has 2 heterocycles. The fourth-order valence-electron chi connectivity index (χ4n) is 2.14. The predicted molar refractivity (Wildman–Crippen MR) is 74.1 cm³/mol. The molecular formula is C14H23N3O2. The van der Waals surface area contributed by atoms with E-state index in [4.69, 9.17) is 4.74 Å². The van der Waals surface area contributed by atoms with Crippen molar-refractivity contribution < 1.29 is 9.53 Å². The van der Waals surface area contributed by atoms with Crippen molar-refractivity contribution in [3.63, 3.8) is 0 Å². The first-order valence-electron chi connectivity index (χ1n) is 6.92. The van der Waals surface area contributed by atoms with E-state index < -0.39 is 0 Å². The third-order valence-electron chi connectivity index (χ3n) is 3.34. The first kappa shape index (κ1) is 14.1. The molecule has 1 aliphatic heterocycles. The van der Waals surface area contributed by atoms with Crippen LogP contribution in [0.2, 0.25) is 0 Å². The van der Waals surface area contributed by atoms with Crippen LogP contribution >= 0.6 is 0 Å². The Hall–Kier alpha value is -1.36. The second kappa shape index (κ2) is 5.74. The highest BCUT2D eigenvalue weighted by molar-refractivity contribution is 5.90. The van der Waals surface area contributed by atoms with Crippen LogP contribution in [0.15, 0.2) is 6.07 Å². The van der Waals surface area contributed by atoms with Crippen molar-refractivity contribution in [2.24, 2.45) is 0 Å². The van der Waals surface area contributed by atoms with Crippen LogP contribution in [0.3, 0.4) is 0 Å². The summed E-state index contributed by atoms with van der Waals surface area (Å²) in [5.41, 5.74) is 1.01. The number of aromatic nitrogens is 2. The van der Waals surface area contributed by atoms with Gasteiger partial charge in [-0.15, -0.1) is 0 Å². The van der Waals surface area contributed by atoms with Crippen LogP contribution in [0, 0.1) is 0 Å². The summed E-state index contributed by atoms with van der Waals surface area (Å²) in [5, 5.41) is 9.90. The van der Waals surface area contributed by atoms with Gasteiger partial charge in [0.05, 0.1) is 12.5 Å². The smallest absolute Gasteiger partial charge is 0.228 e. The monoisotopic (exact) mass is 265 g/mol. The molecule has 1 unspecified atom stereocenters. The summed E-state index contributed by atoms with van der Waals surface area (Å²) in [6, 6.07) is 1.89.